The van der Waals surface area contributed by atoms with Gasteiger partial charge in [0, 0.05) is 18.9 Å². The van der Waals surface area contributed by atoms with Crippen molar-refractivity contribution >= 4 is 17.8 Å². The maximum Gasteiger partial charge on any atom is 0.336 e. The van der Waals surface area contributed by atoms with Gasteiger partial charge in [-0.25, -0.2) is 5.10 Å². The molecule has 8 nitrogen and oxygen atoms in total. The first-order chi connectivity index (χ1) is 9.10. The summed E-state index contributed by atoms with van der Waals surface area (Å²) in [4.78, 5) is 26.9. The van der Waals surface area contributed by atoms with E-state index in [0.717, 1.165) is 6.42 Å². The Kier molecular flexibility index (Phi) is 3.98. The Bertz CT molecular complexity index is 473. The Balaban J connectivity index is 1.65. The van der Waals surface area contributed by atoms with Gasteiger partial charge >= 0.3 is 6.01 Å². The summed E-state index contributed by atoms with van der Waals surface area (Å²) in [5, 5.41) is 11.5. The summed E-state index contributed by atoms with van der Waals surface area (Å²) in [6.07, 6.45) is 1.13. The highest BCUT2D eigenvalue weighted by Gasteiger charge is 2.38. The van der Waals surface area contributed by atoms with E-state index in [1.165, 1.54) is 7.11 Å². The number of carbonyl (C=O) groups is 2. The summed E-state index contributed by atoms with van der Waals surface area (Å²) < 4.78 is 4.77. The van der Waals surface area contributed by atoms with Gasteiger partial charge in [-0.2, -0.15) is 4.98 Å². The fraction of sp³-hybridized carbons (Fsp3) is 0.636. The van der Waals surface area contributed by atoms with Crippen LogP contribution in [0.1, 0.15) is 19.8 Å². The second kappa shape index (κ2) is 5.68. The number of H-pyrrole nitrogens is 1. The number of amides is 2. The first-order valence-corrected chi connectivity index (χ1v) is 6.14. The summed E-state index contributed by atoms with van der Waals surface area (Å²) in [5.74, 6) is 0.602. The van der Waals surface area contributed by atoms with Crippen molar-refractivity contribution in [2.75, 3.05) is 19.0 Å². The molecule has 1 saturated carbocycles. The average molecular weight is 267 g/mol. The number of ether oxygens (including phenoxy) is 1. The van der Waals surface area contributed by atoms with Crippen molar-refractivity contribution in [2.24, 2.45) is 11.8 Å². The van der Waals surface area contributed by atoms with E-state index < -0.39 is 0 Å². The van der Waals surface area contributed by atoms with Gasteiger partial charge in [-0.3, -0.25) is 14.9 Å². The van der Waals surface area contributed by atoms with Crippen molar-refractivity contribution in [3.8, 4) is 6.01 Å². The van der Waals surface area contributed by atoms with Crippen LogP contribution in [0.25, 0.3) is 0 Å². The second-order valence-electron chi connectivity index (χ2n) is 4.58. The van der Waals surface area contributed by atoms with Crippen LogP contribution in [0.5, 0.6) is 6.01 Å². The zero-order chi connectivity index (χ0) is 13.8. The number of nitrogens with one attached hydrogen (secondary N) is 3. The Morgan fingerprint density at radius 2 is 2.26 bits per heavy atom. The molecule has 0 bridgehead atoms. The standard InChI is InChI=1S/C11H17N5O3/c1-6-5-7(6)9(18)12-4-3-8(17)13-10-14-11(19-2)16-15-10/h6-7H,3-5H2,1-2H3,(H,12,18)(H2,13,14,15,16,17). The highest BCUT2D eigenvalue weighted by atomic mass is 16.5. The van der Waals surface area contributed by atoms with Gasteiger partial charge in [0.05, 0.1) is 7.11 Å². The van der Waals surface area contributed by atoms with Crippen LogP contribution < -0.4 is 15.4 Å². The minimum atomic E-state index is -0.247. The van der Waals surface area contributed by atoms with Crippen molar-refractivity contribution in [2.45, 2.75) is 19.8 Å². The third kappa shape index (κ3) is 3.67. The molecule has 2 rings (SSSR count). The molecule has 1 aromatic rings. The zero-order valence-corrected chi connectivity index (χ0v) is 10.9. The molecule has 19 heavy (non-hydrogen) atoms. The summed E-state index contributed by atoms with van der Waals surface area (Å²) in [7, 11) is 1.43. The maximum atomic E-state index is 11.6. The van der Waals surface area contributed by atoms with Crippen LogP contribution in [0.2, 0.25) is 0 Å². The molecule has 1 aliphatic rings. The molecule has 0 saturated heterocycles. The molecule has 0 spiro atoms. The number of aromatic amines is 1. The summed E-state index contributed by atoms with van der Waals surface area (Å²) in [6, 6.07) is 0.159. The molecule has 104 valence electrons. The molecule has 3 N–H and O–H groups in total. The average Bonchev–Trinajstić information content (AvgIpc) is 2.94. The monoisotopic (exact) mass is 267 g/mol. The van der Waals surface area contributed by atoms with E-state index in [0.29, 0.717) is 12.5 Å². The maximum absolute atomic E-state index is 11.6. The van der Waals surface area contributed by atoms with E-state index in [9.17, 15) is 9.59 Å². The molecule has 0 radical (unpaired) electrons. The Morgan fingerprint density at radius 1 is 1.53 bits per heavy atom. The number of hydrogen-bond donors (Lipinski definition) is 3. The molecule has 2 unspecified atom stereocenters. The van der Waals surface area contributed by atoms with Crippen LogP contribution >= 0.6 is 0 Å². The van der Waals surface area contributed by atoms with E-state index >= 15 is 0 Å². The molecule has 1 fully saturated rings. The van der Waals surface area contributed by atoms with Crippen molar-refractivity contribution in [1.29, 1.82) is 0 Å². The normalized spacial score (nSPS) is 20.7. The highest BCUT2D eigenvalue weighted by Crippen LogP contribution is 2.37. The van der Waals surface area contributed by atoms with Gasteiger partial charge in [-0.1, -0.05) is 6.92 Å². The Morgan fingerprint density at radius 3 is 2.84 bits per heavy atom. The lowest BCUT2D eigenvalue weighted by Crippen LogP contribution is -2.29. The number of aromatic nitrogens is 3. The number of rotatable bonds is 6. The van der Waals surface area contributed by atoms with Crippen LogP contribution in [0, 0.1) is 11.8 Å². The molecule has 1 aromatic heterocycles. The van der Waals surface area contributed by atoms with Crippen LogP contribution in [0.4, 0.5) is 5.95 Å². The number of methoxy groups -OCH3 is 1. The van der Waals surface area contributed by atoms with Gasteiger partial charge in [0.25, 0.3) is 0 Å². The van der Waals surface area contributed by atoms with E-state index in [1.807, 2.05) is 6.92 Å². The van der Waals surface area contributed by atoms with Gasteiger partial charge < -0.3 is 10.1 Å². The number of hydrogen-bond acceptors (Lipinski definition) is 5. The van der Waals surface area contributed by atoms with Crippen molar-refractivity contribution < 1.29 is 14.3 Å². The van der Waals surface area contributed by atoms with Crippen molar-refractivity contribution in [3.63, 3.8) is 0 Å². The summed E-state index contributed by atoms with van der Waals surface area (Å²) in [6.45, 7) is 2.35. The fourth-order valence-electron chi connectivity index (χ4n) is 1.71. The molecular formula is C11H17N5O3. The molecule has 2 amide bonds. The Hall–Kier alpha value is -2.12. The first-order valence-electron chi connectivity index (χ1n) is 6.14. The predicted octanol–water partition coefficient (Wildman–Crippen LogP) is -0.0859. The molecule has 0 aromatic carbocycles. The van der Waals surface area contributed by atoms with Gasteiger partial charge in [-0.15, -0.1) is 5.10 Å². The number of carbonyl (C=O) groups excluding carboxylic acids is 2. The highest BCUT2D eigenvalue weighted by molar-refractivity contribution is 5.89. The minimum Gasteiger partial charge on any atom is -0.466 e. The molecule has 1 heterocycles. The minimum absolute atomic E-state index is 0.0293. The van der Waals surface area contributed by atoms with Crippen LogP contribution in [-0.2, 0) is 9.59 Å². The van der Waals surface area contributed by atoms with E-state index in [2.05, 4.69) is 25.8 Å². The van der Waals surface area contributed by atoms with Crippen LogP contribution in [-0.4, -0.2) is 40.7 Å². The number of anilines is 1. The van der Waals surface area contributed by atoms with Gasteiger partial charge in [0.1, 0.15) is 0 Å². The quantitative estimate of drug-likeness (QED) is 0.667. The number of nitrogens with zero attached hydrogens (tertiary/aromatic N) is 2. The first kappa shape index (κ1) is 13.3. The van der Waals surface area contributed by atoms with Gasteiger partial charge in [-0.05, 0) is 12.3 Å². The third-order valence-corrected chi connectivity index (χ3v) is 3.00. The van der Waals surface area contributed by atoms with Crippen LogP contribution in [0.15, 0.2) is 0 Å². The Labute approximate surface area is 110 Å². The molecule has 2 atom stereocenters. The zero-order valence-electron chi connectivity index (χ0n) is 10.9. The largest absolute Gasteiger partial charge is 0.466 e. The molecule has 0 aliphatic heterocycles. The fourth-order valence-corrected chi connectivity index (χ4v) is 1.71. The van der Waals surface area contributed by atoms with Crippen molar-refractivity contribution in [1.82, 2.24) is 20.5 Å². The van der Waals surface area contributed by atoms with Gasteiger partial charge in [0.15, 0.2) is 0 Å². The topological polar surface area (TPSA) is 109 Å². The lowest BCUT2D eigenvalue weighted by Gasteiger charge is -2.04. The van der Waals surface area contributed by atoms with Gasteiger partial charge in [0.2, 0.25) is 17.8 Å². The van der Waals surface area contributed by atoms with Crippen LogP contribution in [0.3, 0.4) is 0 Å². The summed E-state index contributed by atoms with van der Waals surface area (Å²) >= 11 is 0. The molecule has 8 heteroatoms. The lowest BCUT2D eigenvalue weighted by molar-refractivity contribution is -0.122. The van der Waals surface area contributed by atoms with E-state index in [4.69, 9.17) is 4.74 Å². The summed E-state index contributed by atoms with van der Waals surface area (Å²) in [5.41, 5.74) is 0. The third-order valence-electron chi connectivity index (χ3n) is 3.00. The molecule has 1 aliphatic carbocycles. The smallest absolute Gasteiger partial charge is 0.336 e. The lowest BCUT2D eigenvalue weighted by atomic mass is 10.3. The van der Waals surface area contributed by atoms with E-state index in [1.54, 1.807) is 0 Å². The predicted molar refractivity (Wildman–Crippen MR) is 66.5 cm³/mol. The van der Waals surface area contributed by atoms with E-state index in [-0.39, 0.29) is 36.1 Å². The molecular weight excluding hydrogens is 250 g/mol. The SMILES string of the molecule is COc1n[nH]c(NC(=O)CCNC(=O)C2CC2C)n1. The second-order valence-corrected chi connectivity index (χ2v) is 4.58. The van der Waals surface area contributed by atoms with Crippen molar-refractivity contribution in [3.05, 3.63) is 0 Å².